The van der Waals surface area contributed by atoms with Crippen LogP contribution in [0.1, 0.15) is 53.6 Å². The maximum atomic E-state index is 12.9. The van der Waals surface area contributed by atoms with E-state index < -0.39 is 9.84 Å². The van der Waals surface area contributed by atoms with Crippen LogP contribution < -0.4 is 5.69 Å². The van der Waals surface area contributed by atoms with Crippen molar-refractivity contribution in [2.75, 3.05) is 39.0 Å². The summed E-state index contributed by atoms with van der Waals surface area (Å²) in [7, 11) is -1.05. The number of aromatic amines is 2. The van der Waals surface area contributed by atoms with Gasteiger partial charge < -0.3 is 14.9 Å². The van der Waals surface area contributed by atoms with E-state index in [2.05, 4.69) is 51.2 Å². The van der Waals surface area contributed by atoms with E-state index in [1.165, 1.54) is 54.6 Å². The number of carbonyl (C=O) groups is 1. The van der Waals surface area contributed by atoms with Crippen molar-refractivity contribution in [1.29, 1.82) is 0 Å². The summed E-state index contributed by atoms with van der Waals surface area (Å²) in [5.74, 6) is -0.159. The normalized spacial score (nSPS) is 16.6. The van der Waals surface area contributed by atoms with Gasteiger partial charge in [0.2, 0.25) is 0 Å². The summed E-state index contributed by atoms with van der Waals surface area (Å²) in [6.07, 6.45) is 10.3. The molecule has 2 aromatic heterocycles. The van der Waals surface area contributed by atoms with Crippen molar-refractivity contribution in [2.24, 2.45) is 0 Å². The minimum absolute atomic E-state index is 0.0404. The highest BCUT2D eigenvalue weighted by atomic mass is 32.2. The van der Waals surface area contributed by atoms with Gasteiger partial charge in [0, 0.05) is 60.3 Å². The van der Waals surface area contributed by atoms with Crippen LogP contribution in [-0.2, 0) is 22.7 Å². The SMILES string of the molecule is CN1CCC[C@@H]1Cc1c[nH]c2ccc(CCS(=O)(=O)c3ccccc3)cc12.O=C(CCCN1CC=C(n2c(=O)[nH]c3ccccc32)CC1)c1ccc(F)cc1. The van der Waals surface area contributed by atoms with Gasteiger partial charge in [-0.2, -0.15) is 0 Å². The van der Waals surface area contributed by atoms with Crippen molar-refractivity contribution in [1.82, 2.24) is 24.3 Å². The van der Waals surface area contributed by atoms with Crippen molar-refractivity contribution < 1.29 is 17.6 Å². The first kappa shape index (κ1) is 38.2. The Bertz CT molecular complexity index is 2450. The number of hydrogen-bond acceptors (Lipinski definition) is 6. The molecule has 11 heteroatoms. The monoisotopic (exact) mass is 761 g/mol. The summed E-state index contributed by atoms with van der Waals surface area (Å²) in [4.78, 5) is 35.9. The second kappa shape index (κ2) is 17.1. The molecule has 8 rings (SSSR count). The van der Waals surface area contributed by atoms with E-state index in [1.807, 2.05) is 36.4 Å². The summed E-state index contributed by atoms with van der Waals surface area (Å²) >= 11 is 0. The first-order chi connectivity index (χ1) is 26.6. The number of imidazole rings is 1. The van der Waals surface area contributed by atoms with Gasteiger partial charge in [0.15, 0.2) is 15.6 Å². The molecule has 1 atom stereocenters. The van der Waals surface area contributed by atoms with Crippen LogP contribution in [0.4, 0.5) is 4.39 Å². The maximum absolute atomic E-state index is 12.9. The molecule has 0 amide bonds. The van der Waals surface area contributed by atoms with Gasteiger partial charge in [-0.3, -0.25) is 14.3 Å². The van der Waals surface area contributed by atoms with Crippen LogP contribution in [0.3, 0.4) is 0 Å². The predicted molar refractivity (Wildman–Crippen MR) is 218 cm³/mol. The molecule has 4 heterocycles. The number of likely N-dealkylation sites (tertiary alicyclic amines) is 1. The van der Waals surface area contributed by atoms with Crippen LogP contribution in [0.25, 0.3) is 27.6 Å². The van der Waals surface area contributed by atoms with Crippen LogP contribution in [0.15, 0.2) is 119 Å². The number of aryl methyl sites for hydroxylation is 1. The van der Waals surface area contributed by atoms with Crippen molar-refractivity contribution in [3.05, 3.63) is 142 Å². The average Bonchev–Trinajstić information content (AvgIpc) is 3.90. The number of ketones is 1. The number of sulfone groups is 1. The Morgan fingerprint density at radius 1 is 0.927 bits per heavy atom. The number of nitrogens with zero attached hydrogens (tertiary/aromatic N) is 3. The number of halogens is 1. The van der Waals surface area contributed by atoms with Crippen LogP contribution in [0, 0.1) is 5.82 Å². The quantitative estimate of drug-likeness (QED) is 0.125. The molecule has 9 nitrogen and oxygen atoms in total. The zero-order chi connectivity index (χ0) is 38.4. The lowest BCUT2D eigenvalue weighted by Crippen LogP contribution is -2.32. The molecule has 1 fully saturated rings. The van der Waals surface area contributed by atoms with Crippen molar-refractivity contribution in [2.45, 2.75) is 55.9 Å². The van der Waals surface area contributed by atoms with Crippen LogP contribution in [0.5, 0.6) is 0 Å². The van der Waals surface area contributed by atoms with Gasteiger partial charge in [0.1, 0.15) is 5.82 Å². The molecular weight excluding hydrogens is 714 g/mol. The molecule has 2 aliphatic rings. The van der Waals surface area contributed by atoms with E-state index in [-0.39, 0.29) is 23.0 Å². The number of likely N-dealkylation sites (N-methyl/N-ethyl adjacent to an activating group) is 1. The molecule has 55 heavy (non-hydrogen) atoms. The van der Waals surface area contributed by atoms with Gasteiger partial charge in [-0.05, 0) is 124 Å². The number of nitrogens with one attached hydrogen (secondary N) is 2. The zero-order valence-corrected chi connectivity index (χ0v) is 32.0. The Balaban J connectivity index is 0.000000169. The smallest absolute Gasteiger partial charge is 0.330 e. The number of H-pyrrole nitrogens is 2. The molecule has 6 aromatic rings. The highest BCUT2D eigenvalue weighted by Gasteiger charge is 2.23. The lowest BCUT2D eigenvalue weighted by Gasteiger charge is -2.26. The van der Waals surface area contributed by atoms with Crippen LogP contribution in [0.2, 0.25) is 0 Å². The zero-order valence-electron chi connectivity index (χ0n) is 31.2. The van der Waals surface area contributed by atoms with Crippen LogP contribution in [-0.4, -0.2) is 83.6 Å². The Morgan fingerprint density at radius 2 is 1.71 bits per heavy atom. The lowest BCUT2D eigenvalue weighted by molar-refractivity contribution is 0.0975. The van der Waals surface area contributed by atoms with E-state index in [0.29, 0.717) is 29.3 Å². The number of rotatable bonds is 12. The van der Waals surface area contributed by atoms with Gasteiger partial charge >= 0.3 is 5.69 Å². The molecule has 4 aromatic carbocycles. The van der Waals surface area contributed by atoms with Crippen molar-refractivity contribution in [3.8, 4) is 0 Å². The third-order valence-electron chi connectivity index (χ3n) is 10.9. The van der Waals surface area contributed by atoms with Gasteiger partial charge in [-0.15, -0.1) is 0 Å². The summed E-state index contributed by atoms with van der Waals surface area (Å²) in [6.45, 7) is 3.60. The predicted octanol–water partition coefficient (Wildman–Crippen LogP) is 7.50. The summed E-state index contributed by atoms with van der Waals surface area (Å²) in [5, 5.41) is 1.23. The molecule has 0 aliphatic carbocycles. The average molecular weight is 762 g/mol. The molecule has 2 N–H and O–H groups in total. The molecule has 286 valence electrons. The Hall–Kier alpha value is -5.10. The minimum atomic E-state index is -3.25. The van der Waals surface area contributed by atoms with Crippen molar-refractivity contribution >= 4 is 43.3 Å². The molecule has 0 unspecified atom stereocenters. The number of hydrogen-bond donors (Lipinski definition) is 2. The number of aromatic nitrogens is 3. The summed E-state index contributed by atoms with van der Waals surface area (Å²) in [5.41, 5.74) is 6.74. The van der Waals surface area contributed by atoms with E-state index in [0.717, 1.165) is 66.7 Å². The fraction of sp³-hybridized carbons (Fsp3) is 0.318. The topological polar surface area (TPSA) is 111 Å². The highest BCUT2D eigenvalue weighted by Crippen LogP contribution is 2.26. The fourth-order valence-electron chi connectivity index (χ4n) is 7.73. The largest absolute Gasteiger partial charge is 0.361 e. The van der Waals surface area contributed by atoms with E-state index in [9.17, 15) is 22.4 Å². The third-order valence-corrected chi connectivity index (χ3v) is 12.6. The minimum Gasteiger partial charge on any atom is -0.361 e. The number of carbonyl (C=O) groups excluding carboxylic acids is 1. The maximum Gasteiger partial charge on any atom is 0.330 e. The first-order valence-corrected chi connectivity index (χ1v) is 20.8. The van der Waals surface area contributed by atoms with E-state index in [1.54, 1.807) is 28.8 Å². The summed E-state index contributed by atoms with van der Waals surface area (Å²) < 4.78 is 39.8. The molecule has 0 bridgehead atoms. The molecule has 0 saturated carbocycles. The molecule has 2 aliphatic heterocycles. The van der Waals surface area contributed by atoms with E-state index >= 15 is 0 Å². The highest BCUT2D eigenvalue weighted by molar-refractivity contribution is 7.91. The number of Topliss-reactive ketones (excluding diaryl/α,β-unsaturated/α-hetero) is 1. The third kappa shape index (κ3) is 9.24. The summed E-state index contributed by atoms with van der Waals surface area (Å²) in [6, 6.07) is 29.0. The van der Waals surface area contributed by atoms with Crippen molar-refractivity contribution in [3.63, 3.8) is 0 Å². The molecule has 0 spiro atoms. The first-order valence-electron chi connectivity index (χ1n) is 19.1. The lowest BCUT2D eigenvalue weighted by atomic mass is 10.0. The van der Waals surface area contributed by atoms with Gasteiger partial charge in [-0.25, -0.2) is 17.6 Å². The Labute approximate surface area is 321 Å². The van der Waals surface area contributed by atoms with E-state index in [4.69, 9.17) is 0 Å². The fourth-order valence-corrected chi connectivity index (χ4v) is 9.04. The van der Waals surface area contributed by atoms with Gasteiger partial charge in [0.05, 0.1) is 21.7 Å². The number of fused-ring (bicyclic) bond motifs is 2. The number of para-hydroxylation sites is 2. The molecule has 0 radical (unpaired) electrons. The van der Waals surface area contributed by atoms with Gasteiger partial charge in [0.25, 0.3) is 0 Å². The Kier molecular flexibility index (Phi) is 11.9. The van der Waals surface area contributed by atoms with Crippen LogP contribution >= 0.6 is 0 Å². The second-order valence-corrected chi connectivity index (χ2v) is 16.7. The second-order valence-electron chi connectivity index (χ2n) is 14.6. The standard InChI is InChI=1S/C22H22FN3O2.C22H26N2O2S/c23-17-9-7-16(8-10-17)21(27)6-3-13-25-14-11-18(12-15-25)26-20-5-2-1-4-19(20)24-22(26)28;1-24-12-5-6-19(24)15-18-16-23-22-10-9-17(14-21(18)22)11-13-27(25,26)20-7-3-2-4-8-20/h1-2,4-5,7-11H,3,6,12-15H2,(H,24,28);2-4,7-10,14,16,19,23H,5-6,11-13,15H2,1H3/t;19-/m.1/s1. The number of benzene rings is 4. The Morgan fingerprint density at radius 3 is 2.45 bits per heavy atom. The molecular formula is C44H48FN5O4S. The molecule has 1 saturated heterocycles. The van der Waals surface area contributed by atoms with Gasteiger partial charge in [-0.1, -0.05) is 42.5 Å².